The van der Waals surface area contributed by atoms with Gasteiger partial charge in [-0.2, -0.15) is 0 Å². The average Bonchev–Trinajstić information content (AvgIpc) is 3.00. The Kier molecular flexibility index (Phi) is 2.57. The predicted octanol–water partition coefficient (Wildman–Crippen LogP) is 4.93. The van der Waals surface area contributed by atoms with Crippen LogP contribution in [0.1, 0.15) is 0 Å². The molecule has 0 bridgehead atoms. The van der Waals surface area contributed by atoms with E-state index in [1.165, 1.54) is 15.6 Å². The summed E-state index contributed by atoms with van der Waals surface area (Å²) in [5, 5.41) is 2.38. The van der Waals surface area contributed by atoms with E-state index in [9.17, 15) is 0 Å². The highest BCUT2D eigenvalue weighted by Gasteiger charge is 2.07. The normalized spacial score (nSPS) is 11.4. The fourth-order valence-electron chi connectivity index (χ4n) is 2.09. The maximum atomic E-state index is 4.64. The van der Waals surface area contributed by atoms with Gasteiger partial charge in [-0.15, -0.1) is 11.3 Å². The fraction of sp³-hybridized carbons (Fsp3) is 0. The maximum Gasteiger partial charge on any atom is 0.157 e. The minimum absolute atomic E-state index is 1.08. The summed E-state index contributed by atoms with van der Waals surface area (Å²) < 4.78 is 2.31. The molecule has 4 heteroatoms. The first kappa shape index (κ1) is 11.1. The molecule has 0 aliphatic rings. The van der Waals surface area contributed by atoms with E-state index in [4.69, 9.17) is 0 Å². The van der Waals surface area contributed by atoms with Gasteiger partial charge in [0.1, 0.15) is 0 Å². The number of aromatic amines is 1. The molecule has 0 aliphatic heterocycles. The SMILES string of the molecule is c1ccc2[nH]c(Sc3nc4ccccc4s3)cc2c1. The number of nitrogens with one attached hydrogen (secondary N) is 1. The Morgan fingerprint density at radius 1 is 1.00 bits per heavy atom. The molecule has 0 atom stereocenters. The summed E-state index contributed by atoms with van der Waals surface area (Å²) in [6.45, 7) is 0. The Labute approximate surface area is 118 Å². The van der Waals surface area contributed by atoms with E-state index in [-0.39, 0.29) is 0 Å². The third kappa shape index (κ3) is 2.03. The van der Waals surface area contributed by atoms with E-state index >= 15 is 0 Å². The highest BCUT2D eigenvalue weighted by molar-refractivity contribution is 8.01. The number of benzene rings is 2. The van der Waals surface area contributed by atoms with Gasteiger partial charge in [0.2, 0.25) is 0 Å². The van der Waals surface area contributed by atoms with Gasteiger partial charge in [0.25, 0.3) is 0 Å². The number of nitrogens with zero attached hydrogens (tertiary/aromatic N) is 1. The Morgan fingerprint density at radius 2 is 1.84 bits per heavy atom. The molecule has 2 heterocycles. The van der Waals surface area contributed by atoms with Gasteiger partial charge in [0.15, 0.2) is 4.34 Å². The average molecular weight is 282 g/mol. The molecule has 0 radical (unpaired) electrons. The van der Waals surface area contributed by atoms with Crippen LogP contribution in [0, 0.1) is 0 Å². The Morgan fingerprint density at radius 3 is 2.74 bits per heavy atom. The van der Waals surface area contributed by atoms with Gasteiger partial charge in [-0.25, -0.2) is 4.98 Å². The van der Waals surface area contributed by atoms with Crippen LogP contribution in [0.4, 0.5) is 0 Å². The van der Waals surface area contributed by atoms with E-state index in [0.717, 1.165) is 14.9 Å². The molecule has 19 heavy (non-hydrogen) atoms. The van der Waals surface area contributed by atoms with Crippen LogP contribution < -0.4 is 0 Å². The summed E-state index contributed by atoms with van der Waals surface area (Å²) in [6.07, 6.45) is 0. The van der Waals surface area contributed by atoms with Crippen LogP contribution in [0.2, 0.25) is 0 Å². The molecule has 92 valence electrons. The van der Waals surface area contributed by atoms with E-state index in [2.05, 4.69) is 52.4 Å². The van der Waals surface area contributed by atoms with Crippen LogP contribution in [0.25, 0.3) is 21.1 Å². The molecule has 4 rings (SSSR count). The van der Waals surface area contributed by atoms with E-state index in [1.54, 1.807) is 23.1 Å². The van der Waals surface area contributed by atoms with Crippen molar-refractivity contribution in [1.82, 2.24) is 9.97 Å². The number of H-pyrrole nitrogens is 1. The van der Waals surface area contributed by atoms with Gasteiger partial charge in [-0.05, 0) is 36.0 Å². The second-order valence-electron chi connectivity index (χ2n) is 4.27. The number of aromatic nitrogens is 2. The standard InChI is InChI=1S/C15H10N2S2/c1-2-6-11-10(5-1)9-14(16-11)19-15-17-12-7-3-4-8-13(12)18-15/h1-9,16H. The summed E-state index contributed by atoms with van der Waals surface area (Å²) in [5.41, 5.74) is 2.25. The summed E-state index contributed by atoms with van der Waals surface area (Å²) in [6, 6.07) is 18.7. The number of hydrogen-bond acceptors (Lipinski definition) is 3. The first-order chi connectivity index (χ1) is 9.38. The fourth-order valence-corrected chi connectivity index (χ4v) is 4.17. The molecule has 0 unspecified atom stereocenters. The first-order valence-corrected chi connectivity index (χ1v) is 7.63. The number of fused-ring (bicyclic) bond motifs is 2. The Balaban J connectivity index is 1.73. The Hall–Kier alpha value is -1.78. The van der Waals surface area contributed by atoms with Gasteiger partial charge < -0.3 is 4.98 Å². The van der Waals surface area contributed by atoms with Crippen LogP contribution in [-0.2, 0) is 0 Å². The summed E-state index contributed by atoms with van der Waals surface area (Å²) in [7, 11) is 0. The zero-order valence-corrected chi connectivity index (χ0v) is 11.6. The molecule has 0 aliphatic carbocycles. The quantitative estimate of drug-likeness (QED) is 0.565. The monoisotopic (exact) mass is 282 g/mol. The van der Waals surface area contributed by atoms with E-state index in [1.807, 2.05) is 12.1 Å². The molecule has 0 amide bonds. The van der Waals surface area contributed by atoms with Crippen LogP contribution >= 0.6 is 23.1 Å². The van der Waals surface area contributed by atoms with Crippen molar-refractivity contribution < 1.29 is 0 Å². The number of hydrogen-bond donors (Lipinski definition) is 1. The predicted molar refractivity (Wildman–Crippen MR) is 82.0 cm³/mol. The van der Waals surface area contributed by atoms with Crippen molar-refractivity contribution in [3.8, 4) is 0 Å². The van der Waals surface area contributed by atoms with Crippen LogP contribution in [-0.4, -0.2) is 9.97 Å². The molecule has 0 saturated carbocycles. The van der Waals surface area contributed by atoms with Crippen molar-refractivity contribution in [3.63, 3.8) is 0 Å². The highest BCUT2D eigenvalue weighted by atomic mass is 32.2. The molecule has 1 N–H and O–H groups in total. The third-order valence-corrected chi connectivity index (χ3v) is 5.01. The highest BCUT2D eigenvalue weighted by Crippen LogP contribution is 2.34. The number of thiazole rings is 1. The van der Waals surface area contributed by atoms with Crippen LogP contribution in [0.3, 0.4) is 0 Å². The van der Waals surface area contributed by atoms with Crippen molar-refractivity contribution in [3.05, 3.63) is 54.6 Å². The van der Waals surface area contributed by atoms with Gasteiger partial charge in [0.05, 0.1) is 15.2 Å². The summed E-state index contributed by atoms with van der Waals surface area (Å²) >= 11 is 3.42. The molecule has 0 spiro atoms. The minimum atomic E-state index is 1.08. The molecular weight excluding hydrogens is 272 g/mol. The topological polar surface area (TPSA) is 28.7 Å². The molecule has 0 fully saturated rings. The molecule has 0 saturated heterocycles. The second kappa shape index (κ2) is 4.40. The lowest BCUT2D eigenvalue weighted by Gasteiger charge is -1.90. The van der Waals surface area contributed by atoms with Crippen molar-refractivity contribution in [1.29, 1.82) is 0 Å². The smallest absolute Gasteiger partial charge is 0.157 e. The zero-order chi connectivity index (χ0) is 12.7. The van der Waals surface area contributed by atoms with E-state index in [0.29, 0.717) is 0 Å². The molecule has 2 aromatic carbocycles. The van der Waals surface area contributed by atoms with Crippen LogP contribution in [0.5, 0.6) is 0 Å². The largest absolute Gasteiger partial charge is 0.349 e. The van der Waals surface area contributed by atoms with E-state index < -0.39 is 0 Å². The van der Waals surface area contributed by atoms with Gasteiger partial charge in [0, 0.05) is 10.9 Å². The van der Waals surface area contributed by atoms with Crippen molar-refractivity contribution >= 4 is 44.2 Å². The minimum Gasteiger partial charge on any atom is -0.349 e. The van der Waals surface area contributed by atoms with Crippen molar-refractivity contribution in [2.24, 2.45) is 0 Å². The summed E-state index contributed by atoms with van der Waals surface area (Å²) in [4.78, 5) is 8.06. The molecule has 2 nitrogen and oxygen atoms in total. The Bertz CT molecular complexity index is 722. The number of para-hydroxylation sites is 2. The second-order valence-corrected chi connectivity index (χ2v) is 6.59. The zero-order valence-electron chi connectivity index (χ0n) is 9.96. The lowest BCUT2D eigenvalue weighted by Crippen LogP contribution is -1.71. The molecular formula is C15H10N2S2. The van der Waals surface area contributed by atoms with Gasteiger partial charge in [-0.3, -0.25) is 0 Å². The third-order valence-electron chi connectivity index (χ3n) is 2.98. The first-order valence-electron chi connectivity index (χ1n) is 6.00. The lowest BCUT2D eigenvalue weighted by atomic mass is 10.3. The molecule has 4 aromatic rings. The van der Waals surface area contributed by atoms with Crippen molar-refractivity contribution in [2.45, 2.75) is 9.37 Å². The van der Waals surface area contributed by atoms with Crippen molar-refractivity contribution in [2.75, 3.05) is 0 Å². The molecule has 2 aromatic heterocycles. The van der Waals surface area contributed by atoms with Gasteiger partial charge in [-0.1, -0.05) is 30.3 Å². The van der Waals surface area contributed by atoms with Gasteiger partial charge >= 0.3 is 0 Å². The lowest BCUT2D eigenvalue weighted by molar-refractivity contribution is 1.22. The van der Waals surface area contributed by atoms with Crippen LogP contribution in [0.15, 0.2) is 64.0 Å². The maximum absolute atomic E-state index is 4.64. The number of rotatable bonds is 2. The summed E-state index contributed by atoms with van der Waals surface area (Å²) in [5.74, 6) is 0.